The van der Waals surface area contributed by atoms with E-state index in [0.717, 1.165) is 19.6 Å². The molecule has 0 aliphatic carbocycles. The number of nitrogens with zero attached hydrogens (tertiary/aromatic N) is 1. The van der Waals surface area contributed by atoms with Gasteiger partial charge in [-0.3, -0.25) is 4.79 Å². The molecule has 0 fully saturated rings. The molecule has 1 N–H and O–H groups in total. The Morgan fingerprint density at radius 1 is 1.11 bits per heavy atom. The van der Waals surface area contributed by atoms with Gasteiger partial charge in [0.05, 0.1) is 0 Å². The van der Waals surface area contributed by atoms with Crippen molar-refractivity contribution < 1.29 is 4.79 Å². The number of hydrogen-bond acceptors (Lipinski definition) is 2. The summed E-state index contributed by atoms with van der Waals surface area (Å²) < 4.78 is 0. The van der Waals surface area contributed by atoms with Gasteiger partial charge in [0.1, 0.15) is 0 Å². The van der Waals surface area contributed by atoms with E-state index in [2.05, 4.69) is 19.2 Å². The maximum absolute atomic E-state index is 11.8. The summed E-state index contributed by atoms with van der Waals surface area (Å²) in [5.74, 6) is 0.269. The van der Waals surface area contributed by atoms with Crippen LogP contribution < -0.4 is 5.32 Å². The smallest absolute Gasteiger partial charge is 0.223 e. The van der Waals surface area contributed by atoms with E-state index in [1.54, 1.807) is 0 Å². The summed E-state index contributed by atoms with van der Waals surface area (Å²) in [4.78, 5) is 13.7. The molecular formula is C15H32N2O. The van der Waals surface area contributed by atoms with Crippen LogP contribution in [0.15, 0.2) is 0 Å². The van der Waals surface area contributed by atoms with Crippen molar-refractivity contribution in [3.05, 3.63) is 0 Å². The van der Waals surface area contributed by atoms with Crippen molar-refractivity contribution in [3.8, 4) is 0 Å². The largest absolute Gasteiger partial charge is 0.343 e. The summed E-state index contributed by atoms with van der Waals surface area (Å²) in [6, 6.07) is 0.534. The highest BCUT2D eigenvalue weighted by molar-refractivity contribution is 5.76. The van der Waals surface area contributed by atoms with Crippen LogP contribution in [0.5, 0.6) is 0 Å². The fraction of sp³-hybridized carbons (Fsp3) is 0.933. The van der Waals surface area contributed by atoms with Crippen LogP contribution in [0.3, 0.4) is 0 Å². The first-order valence-electron chi connectivity index (χ1n) is 7.66. The molecular weight excluding hydrogens is 224 g/mol. The Bertz CT molecular complexity index is 203. The number of amides is 1. The van der Waals surface area contributed by atoms with Crippen LogP contribution in [-0.2, 0) is 4.79 Å². The van der Waals surface area contributed by atoms with E-state index in [1.165, 1.54) is 32.1 Å². The van der Waals surface area contributed by atoms with Crippen LogP contribution in [0.25, 0.3) is 0 Å². The second-order valence-electron chi connectivity index (χ2n) is 5.02. The number of rotatable bonds is 11. The number of carbonyl (C=O) groups excluding carboxylic acids is 1. The molecule has 0 aromatic carbocycles. The standard InChI is InChI=1S/C15H32N2O/c1-5-8-9-10-11-14(4)16-13-12-15(18)17(6-2)7-3/h14,16H,5-13H2,1-4H3. The number of unbranched alkanes of at least 4 members (excludes halogenated alkanes) is 3. The van der Waals surface area contributed by atoms with Gasteiger partial charge in [0, 0.05) is 32.1 Å². The summed E-state index contributed by atoms with van der Waals surface area (Å²) in [6.45, 7) is 11.0. The third-order valence-corrected chi connectivity index (χ3v) is 3.44. The average molecular weight is 256 g/mol. The van der Waals surface area contributed by atoms with Crippen LogP contribution >= 0.6 is 0 Å². The summed E-state index contributed by atoms with van der Waals surface area (Å²) >= 11 is 0. The molecule has 1 amide bonds. The summed E-state index contributed by atoms with van der Waals surface area (Å²) in [7, 11) is 0. The molecule has 0 saturated carbocycles. The van der Waals surface area contributed by atoms with E-state index in [4.69, 9.17) is 0 Å². The van der Waals surface area contributed by atoms with Crippen molar-refractivity contribution in [1.82, 2.24) is 10.2 Å². The lowest BCUT2D eigenvalue weighted by Crippen LogP contribution is -2.35. The predicted molar refractivity (Wildman–Crippen MR) is 78.8 cm³/mol. The molecule has 0 radical (unpaired) electrons. The van der Waals surface area contributed by atoms with Crippen LogP contribution in [0.4, 0.5) is 0 Å². The van der Waals surface area contributed by atoms with Crippen molar-refractivity contribution >= 4 is 5.91 Å². The van der Waals surface area contributed by atoms with Gasteiger partial charge in [-0.1, -0.05) is 32.6 Å². The monoisotopic (exact) mass is 256 g/mol. The van der Waals surface area contributed by atoms with E-state index in [1.807, 2.05) is 18.7 Å². The highest BCUT2D eigenvalue weighted by atomic mass is 16.2. The number of nitrogens with one attached hydrogen (secondary N) is 1. The molecule has 0 saturated heterocycles. The van der Waals surface area contributed by atoms with Crippen molar-refractivity contribution in [2.24, 2.45) is 0 Å². The Balaban J connectivity index is 3.55. The Labute approximate surface area is 113 Å². The van der Waals surface area contributed by atoms with Gasteiger partial charge < -0.3 is 10.2 Å². The molecule has 0 heterocycles. The van der Waals surface area contributed by atoms with Gasteiger partial charge in [-0.25, -0.2) is 0 Å². The van der Waals surface area contributed by atoms with E-state index in [9.17, 15) is 4.79 Å². The fourth-order valence-electron chi connectivity index (χ4n) is 2.14. The molecule has 0 aromatic heterocycles. The topological polar surface area (TPSA) is 32.3 Å². The summed E-state index contributed by atoms with van der Waals surface area (Å²) in [6.07, 6.45) is 7.11. The van der Waals surface area contributed by atoms with E-state index in [-0.39, 0.29) is 5.91 Å². The zero-order valence-electron chi connectivity index (χ0n) is 12.8. The van der Waals surface area contributed by atoms with Gasteiger partial charge in [0.25, 0.3) is 0 Å². The van der Waals surface area contributed by atoms with Gasteiger partial charge in [-0.2, -0.15) is 0 Å². The minimum Gasteiger partial charge on any atom is -0.343 e. The number of hydrogen-bond donors (Lipinski definition) is 1. The third-order valence-electron chi connectivity index (χ3n) is 3.44. The molecule has 0 aliphatic rings. The van der Waals surface area contributed by atoms with Gasteiger partial charge in [-0.15, -0.1) is 0 Å². The highest BCUT2D eigenvalue weighted by Crippen LogP contribution is 2.05. The first-order chi connectivity index (χ1) is 8.65. The zero-order valence-corrected chi connectivity index (χ0v) is 12.8. The molecule has 0 rings (SSSR count). The summed E-state index contributed by atoms with van der Waals surface area (Å²) in [5, 5.41) is 3.45. The van der Waals surface area contributed by atoms with Crippen LogP contribution in [0.2, 0.25) is 0 Å². The second kappa shape index (κ2) is 11.5. The number of carbonyl (C=O) groups is 1. The zero-order chi connectivity index (χ0) is 13.8. The molecule has 1 atom stereocenters. The Kier molecular flexibility index (Phi) is 11.2. The molecule has 0 aliphatic heterocycles. The molecule has 108 valence electrons. The SMILES string of the molecule is CCCCCCC(C)NCCC(=O)N(CC)CC. The molecule has 3 nitrogen and oxygen atoms in total. The van der Waals surface area contributed by atoms with Crippen molar-refractivity contribution in [2.45, 2.75) is 72.3 Å². The minimum atomic E-state index is 0.269. The van der Waals surface area contributed by atoms with Gasteiger partial charge in [-0.05, 0) is 27.2 Å². The molecule has 0 spiro atoms. The highest BCUT2D eigenvalue weighted by Gasteiger charge is 2.09. The second-order valence-corrected chi connectivity index (χ2v) is 5.02. The molecule has 0 bridgehead atoms. The Morgan fingerprint density at radius 2 is 1.78 bits per heavy atom. The normalized spacial score (nSPS) is 12.4. The third kappa shape index (κ3) is 8.51. The van der Waals surface area contributed by atoms with E-state index < -0.39 is 0 Å². The van der Waals surface area contributed by atoms with Gasteiger partial charge in [0.15, 0.2) is 0 Å². The molecule has 0 aromatic rings. The first-order valence-corrected chi connectivity index (χ1v) is 7.66. The average Bonchev–Trinajstić information content (AvgIpc) is 2.36. The Hall–Kier alpha value is -0.570. The quantitative estimate of drug-likeness (QED) is 0.576. The fourth-order valence-corrected chi connectivity index (χ4v) is 2.14. The molecule has 18 heavy (non-hydrogen) atoms. The summed E-state index contributed by atoms with van der Waals surface area (Å²) in [5.41, 5.74) is 0. The van der Waals surface area contributed by atoms with Crippen molar-refractivity contribution in [3.63, 3.8) is 0 Å². The Morgan fingerprint density at radius 3 is 2.33 bits per heavy atom. The van der Waals surface area contributed by atoms with Crippen molar-refractivity contribution in [2.75, 3.05) is 19.6 Å². The first kappa shape index (κ1) is 17.4. The van der Waals surface area contributed by atoms with Crippen LogP contribution in [0, 0.1) is 0 Å². The lowest BCUT2D eigenvalue weighted by molar-refractivity contribution is -0.130. The minimum absolute atomic E-state index is 0.269. The van der Waals surface area contributed by atoms with Crippen LogP contribution in [0.1, 0.15) is 66.2 Å². The lowest BCUT2D eigenvalue weighted by Gasteiger charge is -2.19. The molecule has 3 heteroatoms. The predicted octanol–water partition coefficient (Wildman–Crippen LogP) is 3.19. The van der Waals surface area contributed by atoms with Gasteiger partial charge >= 0.3 is 0 Å². The maximum atomic E-state index is 11.8. The lowest BCUT2D eigenvalue weighted by atomic mass is 10.1. The van der Waals surface area contributed by atoms with Gasteiger partial charge in [0.2, 0.25) is 5.91 Å². The molecule has 1 unspecified atom stereocenters. The van der Waals surface area contributed by atoms with Crippen molar-refractivity contribution in [1.29, 1.82) is 0 Å². The maximum Gasteiger partial charge on any atom is 0.223 e. The van der Waals surface area contributed by atoms with Crippen LogP contribution in [-0.4, -0.2) is 36.5 Å². The van der Waals surface area contributed by atoms with E-state index in [0.29, 0.717) is 12.5 Å². The van der Waals surface area contributed by atoms with E-state index >= 15 is 0 Å².